The zero-order chi connectivity index (χ0) is 19.5. The number of nitrogens with zero attached hydrogens (tertiary/aromatic N) is 1. The lowest BCUT2D eigenvalue weighted by atomic mass is 9.78. The first-order valence-electron chi connectivity index (χ1n) is 9.55. The molecule has 28 heavy (non-hydrogen) atoms. The number of rotatable bonds is 6. The van der Waals surface area contributed by atoms with Crippen LogP contribution < -0.4 is 4.90 Å². The fraction of sp³-hybridized carbons (Fsp3) is 0.208. The van der Waals surface area contributed by atoms with E-state index in [4.69, 9.17) is 0 Å². The molecule has 1 N–H and O–H groups in total. The maximum atomic E-state index is 13.0. The van der Waals surface area contributed by atoms with Gasteiger partial charge in [0.25, 0.3) is 0 Å². The molecule has 2 atom stereocenters. The molecular weight excluding hydrogens is 414 g/mol. The van der Waals surface area contributed by atoms with Gasteiger partial charge in [0.15, 0.2) is 0 Å². The molecule has 4 rings (SSSR count). The van der Waals surface area contributed by atoms with Crippen LogP contribution in [0.1, 0.15) is 30.0 Å². The summed E-state index contributed by atoms with van der Waals surface area (Å²) in [6.45, 7) is 0. The highest BCUT2D eigenvalue weighted by Gasteiger charge is 2.48. The van der Waals surface area contributed by atoms with Gasteiger partial charge in [0.1, 0.15) is 5.75 Å². The minimum absolute atomic E-state index is 0.0151. The van der Waals surface area contributed by atoms with E-state index in [1.54, 1.807) is 24.3 Å². The molecule has 1 aliphatic rings. The number of hydrogen-bond donors (Lipinski definition) is 1. The minimum Gasteiger partial charge on any atom is -0.508 e. The van der Waals surface area contributed by atoms with Gasteiger partial charge in [-0.25, -0.2) is 0 Å². The summed E-state index contributed by atoms with van der Waals surface area (Å²) in [6, 6.07) is 25.5. The number of carbonyl (C=O) groups is 1. The SMILES string of the molecule is O=C1[C@@H](CCCc2ccccc2)[C@H](c2ccc(Br)cc2)N1c1ccc(O)cc1. The zero-order valence-corrected chi connectivity index (χ0v) is 17.0. The first-order chi connectivity index (χ1) is 13.6. The Morgan fingerprint density at radius 3 is 2.25 bits per heavy atom. The quantitative estimate of drug-likeness (QED) is 0.490. The van der Waals surface area contributed by atoms with Crippen molar-refractivity contribution in [2.75, 3.05) is 4.90 Å². The van der Waals surface area contributed by atoms with Crippen molar-refractivity contribution >= 4 is 27.5 Å². The Bertz CT molecular complexity index is 939. The Morgan fingerprint density at radius 1 is 0.893 bits per heavy atom. The lowest BCUT2D eigenvalue weighted by molar-refractivity contribution is -0.130. The summed E-state index contributed by atoms with van der Waals surface area (Å²) in [5.41, 5.74) is 3.28. The lowest BCUT2D eigenvalue weighted by Crippen LogP contribution is -2.55. The second-order valence-corrected chi connectivity index (χ2v) is 8.12. The molecule has 1 aliphatic heterocycles. The summed E-state index contributed by atoms with van der Waals surface area (Å²) in [5, 5.41) is 9.58. The highest BCUT2D eigenvalue weighted by molar-refractivity contribution is 9.10. The van der Waals surface area contributed by atoms with Gasteiger partial charge in [-0.1, -0.05) is 58.4 Å². The Labute approximate surface area is 173 Å². The summed E-state index contributed by atoms with van der Waals surface area (Å²) in [6.07, 6.45) is 2.83. The van der Waals surface area contributed by atoms with Crippen molar-refractivity contribution in [1.82, 2.24) is 0 Å². The van der Waals surface area contributed by atoms with Crippen LogP contribution in [0.4, 0.5) is 5.69 Å². The van der Waals surface area contributed by atoms with Crippen LogP contribution in [0.3, 0.4) is 0 Å². The maximum absolute atomic E-state index is 13.0. The molecule has 0 aromatic heterocycles. The molecule has 1 heterocycles. The standard InChI is InChI=1S/C24H22BrNO2/c25-19-11-9-18(10-12-19)23-22(8-4-7-17-5-2-1-3-6-17)24(28)26(23)20-13-15-21(27)16-14-20/h1-3,5-6,9-16,22-23,27H,4,7-8H2/t22-,23-/m0/s1. The number of aryl methyl sites for hydroxylation is 1. The predicted octanol–water partition coefficient (Wildman–Crippen LogP) is 5.88. The molecule has 0 spiro atoms. The van der Waals surface area contributed by atoms with Crippen molar-refractivity contribution in [2.24, 2.45) is 5.92 Å². The molecule has 1 fully saturated rings. The number of anilines is 1. The number of benzene rings is 3. The first kappa shape index (κ1) is 18.8. The van der Waals surface area contributed by atoms with Crippen molar-refractivity contribution in [1.29, 1.82) is 0 Å². The smallest absolute Gasteiger partial charge is 0.233 e. The van der Waals surface area contributed by atoms with Crippen LogP contribution in [0.25, 0.3) is 0 Å². The van der Waals surface area contributed by atoms with E-state index in [-0.39, 0.29) is 23.6 Å². The molecule has 0 unspecified atom stereocenters. The molecule has 3 aromatic carbocycles. The van der Waals surface area contributed by atoms with Crippen LogP contribution in [0.2, 0.25) is 0 Å². The van der Waals surface area contributed by atoms with Crippen molar-refractivity contribution in [3.8, 4) is 5.75 Å². The van der Waals surface area contributed by atoms with Crippen LogP contribution in [-0.2, 0) is 11.2 Å². The van der Waals surface area contributed by atoms with Crippen LogP contribution in [-0.4, -0.2) is 11.0 Å². The topological polar surface area (TPSA) is 40.5 Å². The van der Waals surface area contributed by atoms with Gasteiger partial charge in [0.05, 0.1) is 12.0 Å². The van der Waals surface area contributed by atoms with Gasteiger partial charge >= 0.3 is 0 Å². The van der Waals surface area contributed by atoms with Gasteiger partial charge in [-0.15, -0.1) is 0 Å². The molecule has 1 saturated heterocycles. The summed E-state index contributed by atoms with van der Waals surface area (Å²) in [4.78, 5) is 14.9. The van der Waals surface area contributed by atoms with E-state index in [9.17, 15) is 9.90 Å². The second-order valence-electron chi connectivity index (χ2n) is 7.21. The van der Waals surface area contributed by atoms with Gasteiger partial charge in [0, 0.05) is 10.2 Å². The van der Waals surface area contributed by atoms with Crippen LogP contribution in [0.15, 0.2) is 83.3 Å². The molecule has 0 saturated carbocycles. The number of phenols is 1. The number of halogens is 1. The van der Waals surface area contributed by atoms with E-state index >= 15 is 0 Å². The third kappa shape index (κ3) is 3.83. The van der Waals surface area contributed by atoms with Crippen molar-refractivity contribution in [2.45, 2.75) is 25.3 Å². The molecule has 3 nitrogen and oxygen atoms in total. The number of β-lactam (4-membered cyclic amide) rings is 1. The van der Waals surface area contributed by atoms with Gasteiger partial charge in [0.2, 0.25) is 5.91 Å². The number of phenolic OH excluding ortho intramolecular Hbond substituents is 1. The largest absolute Gasteiger partial charge is 0.508 e. The summed E-state index contributed by atoms with van der Waals surface area (Å²) < 4.78 is 1.03. The number of amides is 1. The lowest BCUT2D eigenvalue weighted by Gasteiger charge is -2.47. The van der Waals surface area contributed by atoms with Crippen LogP contribution >= 0.6 is 15.9 Å². The molecule has 4 heteroatoms. The fourth-order valence-electron chi connectivity index (χ4n) is 3.94. The van der Waals surface area contributed by atoms with Crippen LogP contribution in [0, 0.1) is 5.92 Å². The first-order valence-corrected chi connectivity index (χ1v) is 10.3. The molecule has 142 valence electrons. The number of aromatic hydroxyl groups is 1. The summed E-state index contributed by atoms with van der Waals surface area (Å²) in [7, 11) is 0. The maximum Gasteiger partial charge on any atom is 0.233 e. The number of hydrogen-bond acceptors (Lipinski definition) is 2. The average molecular weight is 436 g/mol. The van der Waals surface area contributed by atoms with Gasteiger partial charge in [-0.2, -0.15) is 0 Å². The third-order valence-electron chi connectivity index (χ3n) is 5.38. The Kier molecular flexibility index (Phi) is 5.49. The van der Waals surface area contributed by atoms with E-state index in [0.29, 0.717) is 0 Å². The van der Waals surface area contributed by atoms with Crippen molar-refractivity contribution < 1.29 is 9.90 Å². The van der Waals surface area contributed by atoms with Crippen molar-refractivity contribution in [3.05, 3.63) is 94.5 Å². The van der Waals surface area contributed by atoms with E-state index in [1.165, 1.54) is 5.56 Å². The van der Waals surface area contributed by atoms with E-state index < -0.39 is 0 Å². The minimum atomic E-state index is -0.0151. The van der Waals surface area contributed by atoms with E-state index in [2.05, 4.69) is 52.3 Å². The molecule has 1 amide bonds. The van der Waals surface area contributed by atoms with E-state index in [1.807, 2.05) is 23.1 Å². The molecule has 3 aromatic rings. The highest BCUT2D eigenvalue weighted by Crippen LogP contribution is 2.46. The van der Waals surface area contributed by atoms with Crippen LogP contribution in [0.5, 0.6) is 5.75 Å². The predicted molar refractivity (Wildman–Crippen MR) is 115 cm³/mol. The van der Waals surface area contributed by atoms with Gasteiger partial charge < -0.3 is 10.0 Å². The normalized spacial score (nSPS) is 18.8. The van der Waals surface area contributed by atoms with E-state index in [0.717, 1.165) is 35.0 Å². The van der Waals surface area contributed by atoms with Gasteiger partial charge in [-0.05, 0) is 66.8 Å². The molecule has 0 bridgehead atoms. The Hall–Kier alpha value is -2.59. The molecular formula is C24H22BrNO2. The average Bonchev–Trinajstić information content (AvgIpc) is 2.72. The summed E-state index contributed by atoms with van der Waals surface area (Å²) in [5.74, 6) is 0.349. The molecule has 0 aliphatic carbocycles. The third-order valence-corrected chi connectivity index (χ3v) is 5.91. The second kappa shape index (κ2) is 8.19. The fourth-order valence-corrected chi connectivity index (χ4v) is 4.21. The Morgan fingerprint density at radius 2 is 1.57 bits per heavy atom. The monoisotopic (exact) mass is 435 g/mol. The number of carbonyl (C=O) groups excluding carboxylic acids is 1. The summed E-state index contributed by atoms with van der Waals surface area (Å²) >= 11 is 3.49. The van der Waals surface area contributed by atoms with Gasteiger partial charge in [-0.3, -0.25) is 4.79 Å². The highest BCUT2D eigenvalue weighted by atomic mass is 79.9. The Balaban J connectivity index is 1.53. The zero-order valence-electron chi connectivity index (χ0n) is 15.5. The van der Waals surface area contributed by atoms with Crippen molar-refractivity contribution in [3.63, 3.8) is 0 Å². The molecule has 0 radical (unpaired) electrons.